The minimum Gasteiger partial charge on any atom is -0.483 e. The lowest BCUT2D eigenvalue weighted by Gasteiger charge is -2.33. The van der Waals surface area contributed by atoms with Crippen molar-refractivity contribution in [2.24, 2.45) is 11.1 Å². The molecular weight excluding hydrogens is 266 g/mol. The topological polar surface area (TPSA) is 64.7 Å². The van der Waals surface area contributed by atoms with E-state index in [1.807, 2.05) is 32.9 Å². The number of ether oxygens (including phenoxy) is 2. The third-order valence-corrected chi connectivity index (χ3v) is 3.91. The molecule has 21 heavy (non-hydrogen) atoms. The maximum absolute atomic E-state index is 9.63. The van der Waals surface area contributed by atoms with E-state index < -0.39 is 6.10 Å². The Morgan fingerprint density at radius 1 is 1.38 bits per heavy atom. The minimum absolute atomic E-state index is 0.120. The van der Waals surface area contributed by atoms with Crippen LogP contribution < -0.4 is 15.2 Å². The molecular formula is C17H27NO3. The molecule has 0 radical (unpaired) electrons. The summed E-state index contributed by atoms with van der Waals surface area (Å²) in [6, 6.07) is 5.61. The molecule has 3 N–H and O–H groups in total. The lowest BCUT2D eigenvalue weighted by atomic mass is 9.84. The van der Waals surface area contributed by atoms with Gasteiger partial charge in [-0.1, -0.05) is 32.9 Å². The molecule has 4 nitrogen and oxygen atoms in total. The quantitative estimate of drug-likeness (QED) is 0.895. The highest BCUT2D eigenvalue weighted by atomic mass is 16.5. The molecule has 118 valence electrons. The van der Waals surface area contributed by atoms with Crippen molar-refractivity contribution >= 4 is 0 Å². The fourth-order valence-corrected chi connectivity index (χ4v) is 2.63. The van der Waals surface area contributed by atoms with Crippen LogP contribution in [0.2, 0.25) is 0 Å². The Hall–Kier alpha value is -1.26. The van der Waals surface area contributed by atoms with Gasteiger partial charge in [0.25, 0.3) is 0 Å². The number of hydrogen-bond acceptors (Lipinski definition) is 4. The second-order valence-corrected chi connectivity index (χ2v) is 7.51. The van der Waals surface area contributed by atoms with Crippen LogP contribution in [0.1, 0.15) is 40.2 Å². The molecule has 0 amide bonds. The molecule has 1 aromatic rings. The zero-order valence-electron chi connectivity index (χ0n) is 13.6. The monoisotopic (exact) mass is 293 g/mol. The van der Waals surface area contributed by atoms with Crippen molar-refractivity contribution in [3.63, 3.8) is 0 Å². The van der Waals surface area contributed by atoms with Crippen LogP contribution in [0.4, 0.5) is 0 Å². The first kappa shape index (κ1) is 16.1. The molecule has 0 bridgehead atoms. The van der Waals surface area contributed by atoms with Crippen LogP contribution in [-0.4, -0.2) is 29.5 Å². The van der Waals surface area contributed by atoms with Gasteiger partial charge in [-0.15, -0.1) is 0 Å². The van der Waals surface area contributed by atoms with Crippen LogP contribution in [0.3, 0.4) is 0 Å². The van der Waals surface area contributed by atoms with Crippen LogP contribution >= 0.6 is 0 Å². The number of benzene rings is 1. The zero-order valence-corrected chi connectivity index (χ0v) is 13.6. The maximum atomic E-state index is 9.63. The first-order valence-corrected chi connectivity index (χ1v) is 7.48. The van der Waals surface area contributed by atoms with Gasteiger partial charge in [0.15, 0.2) is 11.5 Å². The molecule has 0 fully saturated rings. The van der Waals surface area contributed by atoms with Crippen LogP contribution in [0.25, 0.3) is 0 Å². The smallest absolute Gasteiger partial charge is 0.165 e. The third kappa shape index (κ3) is 3.50. The average Bonchev–Trinajstić information content (AvgIpc) is 2.68. The highest BCUT2D eigenvalue weighted by Gasteiger charge is 2.35. The molecule has 1 heterocycles. The van der Waals surface area contributed by atoms with Crippen molar-refractivity contribution in [3.05, 3.63) is 23.8 Å². The van der Waals surface area contributed by atoms with Gasteiger partial charge in [-0.3, -0.25) is 0 Å². The van der Waals surface area contributed by atoms with Crippen LogP contribution in [0.15, 0.2) is 18.2 Å². The number of aliphatic hydroxyl groups is 1. The Morgan fingerprint density at radius 2 is 2.05 bits per heavy atom. The van der Waals surface area contributed by atoms with Crippen molar-refractivity contribution in [1.29, 1.82) is 0 Å². The number of aliphatic hydroxyl groups excluding tert-OH is 1. The van der Waals surface area contributed by atoms with Gasteiger partial charge >= 0.3 is 0 Å². The fourth-order valence-electron chi connectivity index (χ4n) is 2.63. The summed E-state index contributed by atoms with van der Waals surface area (Å²) < 4.78 is 12.0. The van der Waals surface area contributed by atoms with E-state index in [9.17, 15) is 5.11 Å². The second kappa shape index (κ2) is 5.50. The summed E-state index contributed by atoms with van der Waals surface area (Å²) in [6.45, 7) is 10.1. The highest BCUT2D eigenvalue weighted by molar-refractivity contribution is 5.50. The molecule has 0 saturated carbocycles. The number of fused-ring (bicyclic) bond motifs is 1. The Labute approximate surface area is 127 Å². The van der Waals surface area contributed by atoms with E-state index in [2.05, 4.69) is 19.9 Å². The number of nitrogens with two attached hydrogens (primary N) is 1. The van der Waals surface area contributed by atoms with Crippen molar-refractivity contribution in [2.45, 2.75) is 58.8 Å². The summed E-state index contributed by atoms with van der Waals surface area (Å²) in [5.74, 6) is 1.44. The molecule has 2 atom stereocenters. The zero-order chi connectivity index (χ0) is 15.8. The highest BCUT2D eigenvalue weighted by Crippen LogP contribution is 2.42. The molecule has 2 rings (SSSR count). The van der Waals surface area contributed by atoms with E-state index in [1.54, 1.807) is 0 Å². The molecule has 1 aliphatic rings. The van der Waals surface area contributed by atoms with Gasteiger partial charge in [0, 0.05) is 18.0 Å². The summed E-state index contributed by atoms with van der Waals surface area (Å²) in [6.07, 6.45) is 0.401. The van der Waals surface area contributed by atoms with Gasteiger partial charge in [0.1, 0.15) is 11.7 Å². The predicted molar refractivity (Wildman–Crippen MR) is 83.8 cm³/mol. The van der Waals surface area contributed by atoms with Crippen LogP contribution in [0, 0.1) is 5.41 Å². The van der Waals surface area contributed by atoms with Gasteiger partial charge in [-0.25, -0.2) is 0 Å². The molecule has 1 aromatic carbocycles. The van der Waals surface area contributed by atoms with E-state index in [4.69, 9.17) is 15.2 Å². The predicted octanol–water partition coefficient (Wildman–Crippen LogP) is 2.51. The molecule has 4 heteroatoms. The summed E-state index contributed by atoms with van der Waals surface area (Å²) in [5.41, 5.74) is 7.00. The molecule has 0 aromatic heterocycles. The van der Waals surface area contributed by atoms with Crippen LogP contribution in [0.5, 0.6) is 11.5 Å². The lowest BCUT2D eigenvalue weighted by molar-refractivity contribution is 0.0533. The van der Waals surface area contributed by atoms with Crippen molar-refractivity contribution in [1.82, 2.24) is 0 Å². The first-order chi connectivity index (χ1) is 9.64. The van der Waals surface area contributed by atoms with Gasteiger partial charge in [0.2, 0.25) is 0 Å². The van der Waals surface area contributed by atoms with E-state index in [1.165, 1.54) is 0 Å². The van der Waals surface area contributed by atoms with Gasteiger partial charge < -0.3 is 20.3 Å². The molecule has 1 aliphatic heterocycles. The molecule has 0 spiro atoms. The first-order valence-electron chi connectivity index (χ1n) is 7.48. The Balaban J connectivity index is 2.23. The van der Waals surface area contributed by atoms with Gasteiger partial charge in [0.05, 0.1) is 6.61 Å². The second-order valence-electron chi connectivity index (χ2n) is 7.51. The molecule has 0 saturated heterocycles. The standard InChI is InChI=1S/C17H27NO3/c1-16(2,3)15(18)13(10-19)20-12-8-6-7-11-9-17(4,5)21-14(11)12/h6-8,13,15,19H,9-10,18H2,1-5H3. The Kier molecular flexibility index (Phi) is 4.22. The average molecular weight is 293 g/mol. The SMILES string of the molecule is CC1(C)Cc2cccc(OC(CO)C(N)C(C)(C)C)c2O1. The Morgan fingerprint density at radius 3 is 2.62 bits per heavy atom. The Bertz CT molecular complexity index is 505. The van der Waals surface area contributed by atoms with Crippen molar-refractivity contribution in [3.8, 4) is 11.5 Å². The minimum atomic E-state index is -0.455. The van der Waals surface area contributed by atoms with E-state index in [-0.39, 0.29) is 23.7 Å². The van der Waals surface area contributed by atoms with Crippen molar-refractivity contribution in [2.75, 3.05) is 6.61 Å². The van der Waals surface area contributed by atoms with Gasteiger partial charge in [-0.05, 0) is 25.3 Å². The van der Waals surface area contributed by atoms with E-state index in [0.29, 0.717) is 5.75 Å². The summed E-state index contributed by atoms with van der Waals surface area (Å²) in [4.78, 5) is 0. The largest absolute Gasteiger partial charge is 0.483 e. The molecule has 0 aliphatic carbocycles. The number of hydrogen-bond donors (Lipinski definition) is 2. The van der Waals surface area contributed by atoms with E-state index >= 15 is 0 Å². The number of rotatable bonds is 4. The fraction of sp³-hybridized carbons (Fsp3) is 0.647. The van der Waals surface area contributed by atoms with Crippen molar-refractivity contribution < 1.29 is 14.6 Å². The third-order valence-electron chi connectivity index (χ3n) is 3.91. The summed E-state index contributed by atoms with van der Waals surface area (Å²) in [7, 11) is 0. The number of para-hydroxylation sites is 1. The normalized spacial score (nSPS) is 19.6. The van der Waals surface area contributed by atoms with E-state index in [0.717, 1.165) is 17.7 Å². The lowest BCUT2D eigenvalue weighted by Crippen LogP contribution is -2.49. The summed E-state index contributed by atoms with van der Waals surface area (Å²) >= 11 is 0. The van der Waals surface area contributed by atoms with Gasteiger partial charge in [-0.2, -0.15) is 0 Å². The van der Waals surface area contributed by atoms with Crippen LogP contribution in [-0.2, 0) is 6.42 Å². The molecule has 2 unspecified atom stereocenters. The maximum Gasteiger partial charge on any atom is 0.165 e. The summed E-state index contributed by atoms with van der Waals surface area (Å²) in [5, 5.41) is 9.63.